The van der Waals surface area contributed by atoms with Crippen molar-refractivity contribution in [3.8, 4) is 5.75 Å². The zero-order chi connectivity index (χ0) is 14.8. The van der Waals surface area contributed by atoms with Crippen LogP contribution in [0.5, 0.6) is 5.75 Å². The van der Waals surface area contributed by atoms with Gasteiger partial charge in [-0.3, -0.25) is 4.90 Å². The molecule has 2 aromatic carbocycles. The molecule has 1 aliphatic heterocycles. The highest BCUT2D eigenvalue weighted by atomic mass is 16.5. The van der Waals surface area contributed by atoms with Gasteiger partial charge in [0.1, 0.15) is 5.75 Å². The molecule has 0 aromatic heterocycles. The van der Waals surface area contributed by atoms with Crippen molar-refractivity contribution in [2.75, 3.05) is 26.7 Å². The molecule has 112 valence electrons. The number of nitrogens with zero attached hydrogens (tertiary/aromatic N) is 1. The Labute approximate surface area is 126 Å². The lowest BCUT2D eigenvalue weighted by molar-refractivity contribution is 0.159. The van der Waals surface area contributed by atoms with Crippen LogP contribution in [0.15, 0.2) is 36.4 Å². The van der Waals surface area contributed by atoms with Crippen LogP contribution in [-0.4, -0.2) is 37.7 Å². The largest absolute Gasteiger partial charge is 0.497 e. The molecule has 1 N–H and O–H groups in total. The van der Waals surface area contributed by atoms with Gasteiger partial charge in [0.15, 0.2) is 0 Å². The van der Waals surface area contributed by atoms with Crippen LogP contribution in [-0.2, 0) is 0 Å². The quantitative estimate of drug-likeness (QED) is 0.936. The number of methoxy groups -OCH3 is 1. The summed E-state index contributed by atoms with van der Waals surface area (Å²) in [6.07, 6.45) is 0. The number of ether oxygens (including phenoxy) is 1. The summed E-state index contributed by atoms with van der Waals surface area (Å²) in [5.41, 5.74) is 1.39. The summed E-state index contributed by atoms with van der Waals surface area (Å²) < 4.78 is 5.29. The predicted octanol–water partition coefficient (Wildman–Crippen LogP) is 3.20. The minimum atomic E-state index is 0.459. The monoisotopic (exact) mass is 284 g/mol. The van der Waals surface area contributed by atoms with E-state index < -0.39 is 0 Å². The number of nitrogens with one attached hydrogen (secondary N) is 1. The molecule has 2 atom stereocenters. The van der Waals surface area contributed by atoms with E-state index in [1.54, 1.807) is 7.11 Å². The van der Waals surface area contributed by atoms with E-state index in [2.05, 4.69) is 54.4 Å². The maximum absolute atomic E-state index is 5.29. The van der Waals surface area contributed by atoms with Gasteiger partial charge in [0.25, 0.3) is 0 Å². The minimum Gasteiger partial charge on any atom is -0.497 e. The fourth-order valence-electron chi connectivity index (χ4n) is 3.15. The SMILES string of the molecule is COc1ccc2cc(C(C)N3CCNC(C)C3)ccc2c1. The van der Waals surface area contributed by atoms with Gasteiger partial charge in [-0.15, -0.1) is 0 Å². The summed E-state index contributed by atoms with van der Waals surface area (Å²) in [7, 11) is 1.71. The lowest BCUT2D eigenvalue weighted by Gasteiger charge is -2.36. The molecule has 1 heterocycles. The van der Waals surface area contributed by atoms with Crippen molar-refractivity contribution >= 4 is 10.8 Å². The molecule has 1 saturated heterocycles. The molecule has 2 aromatic rings. The van der Waals surface area contributed by atoms with E-state index in [0.717, 1.165) is 25.4 Å². The molecule has 1 aliphatic rings. The van der Waals surface area contributed by atoms with Crippen LogP contribution >= 0.6 is 0 Å². The van der Waals surface area contributed by atoms with Crippen LogP contribution in [0, 0.1) is 0 Å². The lowest BCUT2D eigenvalue weighted by atomic mass is 10.0. The first-order chi connectivity index (χ1) is 10.2. The third-order valence-electron chi connectivity index (χ3n) is 4.50. The number of hydrogen-bond donors (Lipinski definition) is 1. The molecule has 2 unspecified atom stereocenters. The van der Waals surface area contributed by atoms with Crippen molar-refractivity contribution in [1.82, 2.24) is 10.2 Å². The number of benzene rings is 2. The highest BCUT2D eigenvalue weighted by Crippen LogP contribution is 2.27. The van der Waals surface area contributed by atoms with Gasteiger partial charge >= 0.3 is 0 Å². The number of fused-ring (bicyclic) bond motifs is 1. The van der Waals surface area contributed by atoms with Crippen LogP contribution in [0.4, 0.5) is 0 Å². The Bertz CT molecular complexity index is 626. The Hall–Kier alpha value is -1.58. The van der Waals surface area contributed by atoms with E-state index >= 15 is 0 Å². The summed E-state index contributed by atoms with van der Waals surface area (Å²) in [4.78, 5) is 2.56. The standard InChI is InChI=1S/C18H24N2O/c1-13-12-20(9-8-19-13)14(2)15-4-5-17-11-18(21-3)7-6-16(17)10-15/h4-7,10-11,13-14,19H,8-9,12H2,1-3H3. The van der Waals surface area contributed by atoms with Crippen LogP contribution in [0.3, 0.4) is 0 Å². The van der Waals surface area contributed by atoms with E-state index in [0.29, 0.717) is 12.1 Å². The molecule has 3 nitrogen and oxygen atoms in total. The van der Waals surface area contributed by atoms with Gasteiger partial charge in [-0.25, -0.2) is 0 Å². The van der Waals surface area contributed by atoms with E-state index in [-0.39, 0.29) is 0 Å². The summed E-state index contributed by atoms with van der Waals surface area (Å²) in [6.45, 7) is 7.87. The first kappa shape index (κ1) is 14.4. The predicted molar refractivity (Wildman–Crippen MR) is 88.0 cm³/mol. The highest BCUT2D eigenvalue weighted by molar-refractivity contribution is 5.84. The van der Waals surface area contributed by atoms with Gasteiger partial charge in [0, 0.05) is 31.7 Å². The fourth-order valence-corrected chi connectivity index (χ4v) is 3.15. The Morgan fingerprint density at radius 2 is 1.95 bits per heavy atom. The molecule has 0 radical (unpaired) electrons. The second kappa shape index (κ2) is 6.04. The highest BCUT2D eigenvalue weighted by Gasteiger charge is 2.21. The van der Waals surface area contributed by atoms with Gasteiger partial charge < -0.3 is 10.1 Å². The van der Waals surface area contributed by atoms with Crippen LogP contribution in [0.25, 0.3) is 10.8 Å². The summed E-state index contributed by atoms with van der Waals surface area (Å²) in [5, 5.41) is 6.02. The third kappa shape index (κ3) is 3.04. The first-order valence-electron chi connectivity index (χ1n) is 7.72. The molecule has 0 bridgehead atoms. The van der Waals surface area contributed by atoms with Crippen LogP contribution in [0.1, 0.15) is 25.5 Å². The second-order valence-corrected chi connectivity index (χ2v) is 6.00. The zero-order valence-corrected chi connectivity index (χ0v) is 13.1. The summed E-state index contributed by atoms with van der Waals surface area (Å²) >= 11 is 0. The zero-order valence-electron chi connectivity index (χ0n) is 13.1. The number of hydrogen-bond acceptors (Lipinski definition) is 3. The van der Waals surface area contributed by atoms with E-state index in [1.807, 2.05) is 6.07 Å². The molecule has 0 spiro atoms. The maximum atomic E-state index is 5.29. The van der Waals surface area contributed by atoms with Gasteiger partial charge in [0.05, 0.1) is 7.11 Å². The molecule has 3 heteroatoms. The van der Waals surface area contributed by atoms with Crippen molar-refractivity contribution in [3.63, 3.8) is 0 Å². The normalized spacial score (nSPS) is 21.4. The second-order valence-electron chi connectivity index (χ2n) is 6.00. The Morgan fingerprint density at radius 1 is 1.19 bits per heavy atom. The molecule has 0 aliphatic carbocycles. The van der Waals surface area contributed by atoms with Gasteiger partial charge in [-0.2, -0.15) is 0 Å². The molecule has 1 fully saturated rings. The smallest absolute Gasteiger partial charge is 0.119 e. The molecule has 0 saturated carbocycles. The molecular weight excluding hydrogens is 260 g/mol. The van der Waals surface area contributed by atoms with Crippen LogP contribution in [0.2, 0.25) is 0 Å². The van der Waals surface area contributed by atoms with Gasteiger partial charge in [-0.1, -0.05) is 18.2 Å². The third-order valence-corrected chi connectivity index (χ3v) is 4.50. The van der Waals surface area contributed by atoms with Crippen molar-refractivity contribution in [1.29, 1.82) is 0 Å². The summed E-state index contributed by atoms with van der Waals surface area (Å²) in [5.74, 6) is 0.916. The van der Waals surface area contributed by atoms with Crippen molar-refractivity contribution in [2.45, 2.75) is 25.9 Å². The van der Waals surface area contributed by atoms with Gasteiger partial charge in [0.2, 0.25) is 0 Å². The van der Waals surface area contributed by atoms with E-state index in [9.17, 15) is 0 Å². The minimum absolute atomic E-state index is 0.459. The average molecular weight is 284 g/mol. The van der Waals surface area contributed by atoms with Crippen LogP contribution < -0.4 is 10.1 Å². The molecule has 0 amide bonds. The Balaban J connectivity index is 1.86. The number of piperazine rings is 1. The van der Waals surface area contributed by atoms with Crippen molar-refractivity contribution in [3.05, 3.63) is 42.0 Å². The molecule has 3 rings (SSSR count). The van der Waals surface area contributed by atoms with Gasteiger partial charge in [-0.05, 0) is 48.4 Å². The van der Waals surface area contributed by atoms with Crippen molar-refractivity contribution in [2.24, 2.45) is 0 Å². The summed E-state index contributed by atoms with van der Waals surface area (Å²) in [6, 6.07) is 14.1. The van der Waals surface area contributed by atoms with E-state index in [4.69, 9.17) is 4.74 Å². The van der Waals surface area contributed by atoms with Crippen molar-refractivity contribution < 1.29 is 4.74 Å². The topological polar surface area (TPSA) is 24.5 Å². The lowest BCUT2D eigenvalue weighted by Crippen LogP contribution is -2.49. The average Bonchev–Trinajstić information content (AvgIpc) is 2.53. The fraction of sp³-hybridized carbons (Fsp3) is 0.444. The number of rotatable bonds is 3. The molecule has 21 heavy (non-hydrogen) atoms. The Morgan fingerprint density at radius 3 is 2.71 bits per heavy atom. The first-order valence-corrected chi connectivity index (χ1v) is 7.72. The molecular formula is C18H24N2O. The maximum Gasteiger partial charge on any atom is 0.119 e. The van der Waals surface area contributed by atoms with E-state index in [1.165, 1.54) is 16.3 Å². The Kier molecular flexibility index (Phi) is 4.13.